The maximum atomic E-state index is 5.79. The monoisotopic (exact) mass is 273 g/mol. The Morgan fingerprint density at radius 2 is 1.88 bits per heavy atom. The zero-order valence-electron chi connectivity index (χ0n) is 9.74. The first-order valence-corrected chi connectivity index (χ1v) is 6.24. The van der Waals surface area contributed by atoms with Crippen LogP contribution in [0.15, 0.2) is 6.07 Å². The number of benzene rings is 1. The molecule has 0 N–H and O–H groups in total. The lowest BCUT2D eigenvalue weighted by Crippen LogP contribution is -1.94. The molecule has 0 aliphatic carbocycles. The fraction of sp³-hybridized carbons (Fsp3) is 0.364. The Morgan fingerprint density at radius 3 is 2.41 bits per heavy atom. The van der Waals surface area contributed by atoms with Crippen LogP contribution < -0.4 is 14.2 Å². The first-order chi connectivity index (χ1) is 8.24. The number of rotatable bonds is 4. The maximum Gasteiger partial charge on any atom is 0.204 e. The second-order valence-corrected chi connectivity index (χ2v) is 4.59. The van der Waals surface area contributed by atoms with Crippen molar-refractivity contribution in [3.05, 3.63) is 11.1 Å². The van der Waals surface area contributed by atoms with Gasteiger partial charge in [0.15, 0.2) is 11.5 Å². The van der Waals surface area contributed by atoms with Crippen molar-refractivity contribution in [1.29, 1.82) is 0 Å². The quantitative estimate of drug-likeness (QED) is 0.803. The highest BCUT2D eigenvalue weighted by molar-refractivity contribution is 7.19. The fourth-order valence-electron chi connectivity index (χ4n) is 1.63. The second-order valence-electron chi connectivity index (χ2n) is 3.23. The Balaban J connectivity index is 2.76. The molecule has 1 aromatic heterocycles. The van der Waals surface area contributed by atoms with E-state index >= 15 is 0 Å². The average molecular weight is 274 g/mol. The highest BCUT2D eigenvalue weighted by atomic mass is 35.5. The van der Waals surface area contributed by atoms with Crippen molar-refractivity contribution in [2.24, 2.45) is 0 Å². The van der Waals surface area contributed by atoms with Crippen molar-refractivity contribution in [3.8, 4) is 17.2 Å². The lowest BCUT2D eigenvalue weighted by Gasteiger charge is -2.11. The minimum absolute atomic E-state index is 0.382. The Hall–Kier alpha value is -1.20. The summed E-state index contributed by atoms with van der Waals surface area (Å²) in [5.41, 5.74) is 0.806. The molecule has 0 aliphatic rings. The molecule has 0 saturated carbocycles. The fourth-order valence-corrected chi connectivity index (χ4v) is 2.77. The van der Waals surface area contributed by atoms with E-state index in [1.165, 1.54) is 11.3 Å². The smallest absolute Gasteiger partial charge is 0.204 e. The van der Waals surface area contributed by atoms with Crippen LogP contribution >= 0.6 is 22.9 Å². The summed E-state index contributed by atoms with van der Waals surface area (Å²) in [7, 11) is 4.75. The number of aromatic nitrogens is 1. The summed E-state index contributed by atoms with van der Waals surface area (Å²) in [6.07, 6.45) is 0. The maximum absolute atomic E-state index is 5.79. The summed E-state index contributed by atoms with van der Waals surface area (Å²) in [6, 6.07) is 1.82. The number of thiazole rings is 1. The van der Waals surface area contributed by atoms with Gasteiger partial charge in [-0.1, -0.05) is 0 Å². The Bertz CT molecular complexity index is 541. The van der Waals surface area contributed by atoms with Crippen LogP contribution in [0.2, 0.25) is 0 Å². The third kappa shape index (κ3) is 2.00. The molecule has 0 fully saturated rings. The van der Waals surface area contributed by atoms with E-state index in [1.54, 1.807) is 21.3 Å². The van der Waals surface area contributed by atoms with Crippen molar-refractivity contribution in [3.63, 3.8) is 0 Å². The number of hydrogen-bond acceptors (Lipinski definition) is 5. The molecule has 0 atom stereocenters. The van der Waals surface area contributed by atoms with Gasteiger partial charge in [-0.05, 0) is 0 Å². The van der Waals surface area contributed by atoms with Gasteiger partial charge in [-0.25, -0.2) is 4.98 Å². The van der Waals surface area contributed by atoms with E-state index in [0.29, 0.717) is 23.1 Å². The summed E-state index contributed by atoms with van der Waals surface area (Å²) in [4.78, 5) is 4.39. The summed E-state index contributed by atoms with van der Waals surface area (Å²) in [5.74, 6) is 2.19. The van der Waals surface area contributed by atoms with Crippen molar-refractivity contribution >= 4 is 33.2 Å². The van der Waals surface area contributed by atoms with Gasteiger partial charge in [-0.2, -0.15) is 0 Å². The van der Waals surface area contributed by atoms with Crippen molar-refractivity contribution < 1.29 is 14.2 Å². The SMILES string of the molecule is COc1cc2nc(CCl)sc2c(OC)c1OC. The number of alkyl halides is 1. The molecule has 0 aliphatic heterocycles. The third-order valence-electron chi connectivity index (χ3n) is 2.34. The van der Waals surface area contributed by atoms with Crippen LogP contribution in [-0.2, 0) is 5.88 Å². The third-order valence-corrected chi connectivity index (χ3v) is 3.83. The standard InChI is InChI=1S/C11H12ClNO3S/c1-14-7-4-6-11(17-8(5-12)13-6)10(16-3)9(7)15-2/h4H,5H2,1-3H3. The van der Waals surface area contributed by atoms with Gasteiger partial charge < -0.3 is 14.2 Å². The van der Waals surface area contributed by atoms with E-state index in [0.717, 1.165) is 15.2 Å². The lowest BCUT2D eigenvalue weighted by atomic mass is 10.2. The molecule has 0 radical (unpaired) electrons. The van der Waals surface area contributed by atoms with E-state index in [1.807, 2.05) is 6.07 Å². The molecular formula is C11H12ClNO3S. The van der Waals surface area contributed by atoms with Crippen LogP contribution in [0, 0.1) is 0 Å². The Kier molecular flexibility index (Phi) is 3.59. The predicted octanol–water partition coefficient (Wildman–Crippen LogP) is 3.06. The molecule has 4 nitrogen and oxygen atoms in total. The number of nitrogens with zero attached hydrogens (tertiary/aromatic N) is 1. The van der Waals surface area contributed by atoms with Crippen LogP contribution in [0.3, 0.4) is 0 Å². The minimum atomic E-state index is 0.382. The molecule has 17 heavy (non-hydrogen) atoms. The van der Waals surface area contributed by atoms with E-state index < -0.39 is 0 Å². The zero-order valence-corrected chi connectivity index (χ0v) is 11.3. The summed E-state index contributed by atoms with van der Waals surface area (Å²) < 4.78 is 16.9. The van der Waals surface area contributed by atoms with Gasteiger partial charge in [0.2, 0.25) is 5.75 Å². The highest BCUT2D eigenvalue weighted by Crippen LogP contribution is 2.45. The summed E-state index contributed by atoms with van der Waals surface area (Å²) in [5, 5.41) is 0.843. The molecular weight excluding hydrogens is 262 g/mol. The summed E-state index contributed by atoms with van der Waals surface area (Å²) in [6.45, 7) is 0. The van der Waals surface area contributed by atoms with Crippen molar-refractivity contribution in [1.82, 2.24) is 4.98 Å². The van der Waals surface area contributed by atoms with E-state index in [-0.39, 0.29) is 0 Å². The van der Waals surface area contributed by atoms with Gasteiger partial charge in [0, 0.05) is 6.07 Å². The second kappa shape index (κ2) is 4.98. The Morgan fingerprint density at radius 1 is 1.18 bits per heavy atom. The van der Waals surface area contributed by atoms with Crippen LogP contribution in [0.25, 0.3) is 10.2 Å². The van der Waals surface area contributed by atoms with E-state index in [9.17, 15) is 0 Å². The number of fused-ring (bicyclic) bond motifs is 1. The molecule has 0 spiro atoms. The van der Waals surface area contributed by atoms with Gasteiger partial charge >= 0.3 is 0 Å². The molecule has 1 heterocycles. The molecule has 0 saturated heterocycles. The first kappa shape index (κ1) is 12.3. The van der Waals surface area contributed by atoms with Gasteiger partial charge in [0.25, 0.3) is 0 Å². The number of methoxy groups -OCH3 is 3. The summed E-state index contributed by atoms with van der Waals surface area (Å²) >= 11 is 7.28. The molecule has 2 rings (SSSR count). The predicted molar refractivity (Wildman–Crippen MR) is 68.8 cm³/mol. The minimum Gasteiger partial charge on any atom is -0.493 e. The van der Waals surface area contributed by atoms with Crippen molar-refractivity contribution in [2.75, 3.05) is 21.3 Å². The molecule has 6 heteroatoms. The van der Waals surface area contributed by atoms with Crippen LogP contribution in [0.1, 0.15) is 5.01 Å². The van der Waals surface area contributed by atoms with Crippen molar-refractivity contribution in [2.45, 2.75) is 5.88 Å². The average Bonchev–Trinajstić information content (AvgIpc) is 2.78. The van der Waals surface area contributed by atoms with Crippen LogP contribution in [0.5, 0.6) is 17.2 Å². The number of halogens is 1. The highest BCUT2D eigenvalue weighted by Gasteiger charge is 2.18. The molecule has 2 aromatic rings. The number of ether oxygens (including phenoxy) is 3. The molecule has 0 bridgehead atoms. The largest absolute Gasteiger partial charge is 0.493 e. The molecule has 92 valence electrons. The number of hydrogen-bond donors (Lipinski definition) is 0. The zero-order chi connectivity index (χ0) is 12.4. The lowest BCUT2D eigenvalue weighted by molar-refractivity contribution is 0.327. The Labute approximate surface area is 108 Å². The molecule has 0 amide bonds. The van der Waals surface area contributed by atoms with Crippen LogP contribution in [0.4, 0.5) is 0 Å². The van der Waals surface area contributed by atoms with E-state index in [2.05, 4.69) is 4.98 Å². The molecule has 0 unspecified atom stereocenters. The normalized spacial score (nSPS) is 10.6. The molecule has 1 aromatic carbocycles. The van der Waals surface area contributed by atoms with Crippen LogP contribution in [-0.4, -0.2) is 26.3 Å². The van der Waals surface area contributed by atoms with Gasteiger partial charge in [-0.3, -0.25) is 0 Å². The van der Waals surface area contributed by atoms with Gasteiger partial charge in [0.1, 0.15) is 9.71 Å². The van der Waals surface area contributed by atoms with Gasteiger partial charge in [-0.15, -0.1) is 22.9 Å². The first-order valence-electron chi connectivity index (χ1n) is 4.89. The van der Waals surface area contributed by atoms with E-state index in [4.69, 9.17) is 25.8 Å². The van der Waals surface area contributed by atoms with Gasteiger partial charge in [0.05, 0.1) is 32.7 Å². The topological polar surface area (TPSA) is 40.6 Å².